The molecule has 0 fully saturated rings. The second-order valence-electron chi connectivity index (χ2n) is 6.42. The first kappa shape index (κ1) is 18.6. The minimum atomic E-state index is -4.39. The van der Waals surface area contributed by atoms with E-state index in [4.69, 9.17) is 0 Å². The molecule has 0 aliphatic carbocycles. The Labute approximate surface area is 163 Å². The summed E-state index contributed by atoms with van der Waals surface area (Å²) in [6.07, 6.45) is -2.43. The average molecular weight is 403 g/mol. The topological polar surface area (TPSA) is 46.9 Å². The van der Waals surface area contributed by atoms with E-state index in [1.54, 1.807) is 17.8 Å². The van der Waals surface area contributed by atoms with Crippen LogP contribution in [-0.4, -0.2) is 21.2 Å². The fraction of sp³-hybridized carbons (Fsp3) is 0.200. The number of nitrogens with zero attached hydrogens (tertiary/aromatic N) is 2. The highest BCUT2D eigenvalue weighted by Crippen LogP contribution is 2.33. The zero-order valence-electron chi connectivity index (χ0n) is 14.7. The summed E-state index contributed by atoms with van der Waals surface area (Å²) in [5, 5.41) is 3.81. The van der Waals surface area contributed by atoms with Crippen molar-refractivity contribution in [3.05, 3.63) is 65.9 Å². The van der Waals surface area contributed by atoms with Gasteiger partial charge in [-0.3, -0.25) is 4.79 Å². The van der Waals surface area contributed by atoms with Crippen LogP contribution < -0.4 is 5.32 Å². The van der Waals surface area contributed by atoms with Gasteiger partial charge in [0, 0.05) is 24.1 Å². The van der Waals surface area contributed by atoms with Crippen molar-refractivity contribution >= 4 is 23.4 Å². The van der Waals surface area contributed by atoms with Crippen molar-refractivity contribution in [1.82, 2.24) is 9.55 Å². The number of benzene rings is 2. The van der Waals surface area contributed by atoms with Crippen LogP contribution >= 0.6 is 11.8 Å². The first-order chi connectivity index (χ1) is 13.4. The minimum absolute atomic E-state index is 0.0119. The summed E-state index contributed by atoms with van der Waals surface area (Å²) in [7, 11) is 0. The molecule has 28 heavy (non-hydrogen) atoms. The summed E-state index contributed by atoms with van der Waals surface area (Å²) in [6, 6.07) is 12.0. The molecular formula is C20H16F3N3OS. The van der Waals surface area contributed by atoms with E-state index in [9.17, 15) is 18.0 Å². The van der Waals surface area contributed by atoms with Gasteiger partial charge in [-0.1, -0.05) is 42.1 Å². The lowest BCUT2D eigenvalue weighted by Gasteiger charge is -2.10. The summed E-state index contributed by atoms with van der Waals surface area (Å²) in [5.41, 5.74) is 2.01. The molecule has 0 saturated carbocycles. The molecule has 4 rings (SSSR count). The molecule has 1 amide bonds. The van der Waals surface area contributed by atoms with Gasteiger partial charge in [-0.15, -0.1) is 0 Å². The van der Waals surface area contributed by atoms with Crippen molar-refractivity contribution in [3.63, 3.8) is 0 Å². The van der Waals surface area contributed by atoms with Gasteiger partial charge >= 0.3 is 6.18 Å². The van der Waals surface area contributed by atoms with Crippen molar-refractivity contribution in [3.8, 4) is 11.3 Å². The summed E-state index contributed by atoms with van der Waals surface area (Å²) < 4.78 is 40.0. The molecule has 1 aromatic heterocycles. The third-order valence-electron chi connectivity index (χ3n) is 4.43. The predicted molar refractivity (Wildman–Crippen MR) is 102 cm³/mol. The van der Waals surface area contributed by atoms with Crippen molar-refractivity contribution < 1.29 is 18.0 Å². The Morgan fingerprint density at radius 1 is 1.14 bits per heavy atom. The number of fused-ring (bicyclic) bond motifs is 1. The molecule has 1 aliphatic rings. The van der Waals surface area contributed by atoms with E-state index < -0.39 is 11.7 Å². The summed E-state index contributed by atoms with van der Waals surface area (Å²) in [5.74, 6) is 0.710. The third kappa shape index (κ3) is 3.91. The molecule has 0 spiro atoms. The monoisotopic (exact) mass is 403 g/mol. The number of halogens is 3. The lowest BCUT2D eigenvalue weighted by molar-refractivity contribution is -0.137. The normalized spacial score (nSPS) is 13.4. The number of anilines is 1. The molecule has 0 unspecified atom stereocenters. The number of nitrogens with one attached hydrogen (secondary N) is 1. The van der Waals surface area contributed by atoms with Crippen LogP contribution in [0.15, 0.2) is 59.9 Å². The Hall–Kier alpha value is -2.74. The van der Waals surface area contributed by atoms with Crippen LogP contribution in [0, 0.1) is 0 Å². The van der Waals surface area contributed by atoms with E-state index in [1.165, 1.54) is 12.1 Å². The Kier molecular flexibility index (Phi) is 4.89. The molecule has 0 bridgehead atoms. The molecule has 2 aromatic carbocycles. The first-order valence-corrected chi connectivity index (χ1v) is 9.64. The van der Waals surface area contributed by atoms with Crippen LogP contribution in [0.5, 0.6) is 0 Å². The maximum atomic E-state index is 12.6. The highest BCUT2D eigenvalue weighted by atomic mass is 32.2. The number of imidazole rings is 1. The molecule has 144 valence electrons. The van der Waals surface area contributed by atoms with Crippen molar-refractivity contribution in [1.29, 1.82) is 0 Å². The van der Waals surface area contributed by atoms with Gasteiger partial charge in [0.25, 0.3) is 0 Å². The fourth-order valence-electron chi connectivity index (χ4n) is 3.05. The predicted octanol–water partition coefficient (Wildman–Crippen LogP) is 4.86. The van der Waals surface area contributed by atoms with E-state index in [1.807, 2.05) is 24.4 Å². The molecule has 0 radical (unpaired) electrons. The summed E-state index contributed by atoms with van der Waals surface area (Å²) in [6.45, 7) is 0.912. The number of aryl methyl sites for hydroxylation is 1. The van der Waals surface area contributed by atoms with Gasteiger partial charge in [0.15, 0.2) is 5.16 Å². The van der Waals surface area contributed by atoms with Gasteiger partial charge in [0.05, 0.1) is 23.4 Å². The zero-order chi connectivity index (χ0) is 19.7. The van der Waals surface area contributed by atoms with E-state index in [-0.39, 0.29) is 12.3 Å². The van der Waals surface area contributed by atoms with Crippen LogP contribution in [0.25, 0.3) is 11.3 Å². The first-order valence-electron chi connectivity index (χ1n) is 8.65. The number of thioether (sulfide) groups is 1. The molecule has 1 N–H and O–H groups in total. The second-order valence-corrected chi connectivity index (χ2v) is 7.48. The van der Waals surface area contributed by atoms with Gasteiger partial charge in [-0.05, 0) is 23.8 Å². The molecule has 4 nitrogen and oxygen atoms in total. The number of amides is 1. The van der Waals surface area contributed by atoms with Crippen LogP contribution in [-0.2, 0) is 23.9 Å². The standard InChI is InChI=1S/C20H16F3N3OS/c21-20(22,23)14-7-5-13(6-8-14)11-18(27)24-16-4-2-1-3-15(16)17-12-26-9-10-28-19(26)25-17/h1-8,12H,9-11H2,(H,24,27). The SMILES string of the molecule is O=C(Cc1ccc(C(F)(F)F)cc1)Nc1ccccc1-c1cn2c(n1)SCC2. The van der Waals surface area contributed by atoms with Gasteiger partial charge in [-0.25, -0.2) is 4.98 Å². The number of hydrogen-bond donors (Lipinski definition) is 1. The molecule has 1 aliphatic heterocycles. The minimum Gasteiger partial charge on any atom is -0.325 e. The number of aromatic nitrogens is 2. The number of carbonyl (C=O) groups is 1. The lowest BCUT2D eigenvalue weighted by Crippen LogP contribution is -2.15. The Bertz CT molecular complexity index is 991. The average Bonchev–Trinajstić information content (AvgIpc) is 3.24. The quantitative estimate of drug-likeness (QED) is 0.677. The molecule has 0 saturated heterocycles. The zero-order valence-corrected chi connectivity index (χ0v) is 15.5. The summed E-state index contributed by atoms with van der Waals surface area (Å²) >= 11 is 1.69. The number of carbonyl (C=O) groups excluding carboxylic acids is 1. The maximum Gasteiger partial charge on any atom is 0.416 e. The highest BCUT2D eigenvalue weighted by Gasteiger charge is 2.30. The molecule has 2 heterocycles. The Morgan fingerprint density at radius 3 is 2.61 bits per heavy atom. The Balaban J connectivity index is 1.49. The largest absolute Gasteiger partial charge is 0.416 e. The number of alkyl halides is 3. The van der Waals surface area contributed by atoms with Crippen molar-refractivity contribution in [2.75, 3.05) is 11.1 Å². The number of para-hydroxylation sites is 1. The maximum absolute atomic E-state index is 12.6. The fourth-order valence-corrected chi connectivity index (χ4v) is 3.99. The van der Waals surface area contributed by atoms with Gasteiger partial charge in [0.1, 0.15) is 0 Å². The van der Waals surface area contributed by atoms with Crippen LogP contribution in [0.3, 0.4) is 0 Å². The van der Waals surface area contributed by atoms with Gasteiger partial charge < -0.3 is 9.88 Å². The molecule has 0 atom stereocenters. The second kappa shape index (κ2) is 7.35. The molecule has 8 heteroatoms. The van der Waals surface area contributed by atoms with Crippen molar-refractivity contribution in [2.45, 2.75) is 24.3 Å². The third-order valence-corrected chi connectivity index (χ3v) is 5.40. The van der Waals surface area contributed by atoms with Crippen LogP contribution in [0.1, 0.15) is 11.1 Å². The van der Waals surface area contributed by atoms with Gasteiger partial charge in [0.2, 0.25) is 5.91 Å². The molecular weight excluding hydrogens is 387 g/mol. The smallest absolute Gasteiger partial charge is 0.325 e. The number of rotatable bonds is 4. The molecule has 3 aromatic rings. The van der Waals surface area contributed by atoms with E-state index in [2.05, 4.69) is 14.9 Å². The van der Waals surface area contributed by atoms with E-state index >= 15 is 0 Å². The van der Waals surface area contributed by atoms with Gasteiger partial charge in [-0.2, -0.15) is 13.2 Å². The Morgan fingerprint density at radius 2 is 1.89 bits per heavy atom. The van der Waals surface area contributed by atoms with E-state index in [0.717, 1.165) is 40.8 Å². The van der Waals surface area contributed by atoms with Crippen molar-refractivity contribution in [2.24, 2.45) is 0 Å². The van der Waals surface area contributed by atoms with Crippen LogP contribution in [0.4, 0.5) is 18.9 Å². The van der Waals surface area contributed by atoms with E-state index in [0.29, 0.717) is 11.3 Å². The lowest BCUT2D eigenvalue weighted by atomic mass is 10.1. The highest BCUT2D eigenvalue weighted by molar-refractivity contribution is 7.99. The van der Waals surface area contributed by atoms with Crippen LogP contribution in [0.2, 0.25) is 0 Å². The number of hydrogen-bond acceptors (Lipinski definition) is 3. The summed E-state index contributed by atoms with van der Waals surface area (Å²) in [4.78, 5) is 17.0.